The van der Waals surface area contributed by atoms with E-state index in [0.717, 1.165) is 31.4 Å². The first-order valence-electron chi connectivity index (χ1n) is 6.42. The van der Waals surface area contributed by atoms with Gasteiger partial charge in [-0.15, -0.1) is 0 Å². The Bertz CT molecular complexity index is 648. The van der Waals surface area contributed by atoms with Gasteiger partial charge in [0.05, 0.1) is 10.6 Å². The molecule has 7 nitrogen and oxygen atoms in total. The molecule has 1 aromatic rings. The number of benzene rings is 1. The highest BCUT2D eigenvalue weighted by Gasteiger charge is 2.29. The molecule has 21 heavy (non-hydrogen) atoms. The highest BCUT2D eigenvalue weighted by Crippen LogP contribution is 2.30. The fourth-order valence-electron chi connectivity index (χ4n) is 2.44. The molecular formula is C12H17N3O4S2. The zero-order valence-electron chi connectivity index (χ0n) is 11.5. The predicted octanol–water partition coefficient (Wildman–Crippen LogP) is 1.74. The number of nitrogens with two attached hydrogens (primary N) is 1. The number of nitrogens with one attached hydrogen (secondary N) is 1. The minimum absolute atomic E-state index is 0.109. The zero-order chi connectivity index (χ0) is 15.6. The quantitative estimate of drug-likeness (QED) is 0.482. The number of thioether (sulfide) groups is 1. The van der Waals surface area contributed by atoms with Crippen LogP contribution in [-0.4, -0.2) is 30.9 Å². The molecule has 2 unspecified atom stereocenters. The summed E-state index contributed by atoms with van der Waals surface area (Å²) in [5, 5.41) is 11.1. The molecule has 1 aliphatic carbocycles. The smallest absolute Gasteiger partial charge is 0.271 e. The number of hydrogen-bond donors (Lipinski definition) is 2. The molecule has 1 aliphatic rings. The summed E-state index contributed by atoms with van der Waals surface area (Å²) in [5.41, 5.74) is 5.30. The van der Waals surface area contributed by atoms with Crippen LogP contribution in [0.2, 0.25) is 0 Å². The maximum atomic E-state index is 12.3. The van der Waals surface area contributed by atoms with Crippen LogP contribution in [0.5, 0.6) is 0 Å². The molecule has 116 valence electrons. The van der Waals surface area contributed by atoms with Gasteiger partial charge in [0, 0.05) is 23.4 Å². The van der Waals surface area contributed by atoms with Crippen LogP contribution in [-0.2, 0) is 10.0 Å². The Labute approximate surface area is 127 Å². The van der Waals surface area contributed by atoms with Crippen molar-refractivity contribution in [2.75, 3.05) is 12.0 Å². The van der Waals surface area contributed by atoms with Crippen LogP contribution in [0.15, 0.2) is 23.1 Å². The van der Waals surface area contributed by atoms with Gasteiger partial charge in [-0.3, -0.25) is 10.1 Å². The molecule has 0 aliphatic heterocycles. The second kappa shape index (κ2) is 6.20. The van der Waals surface area contributed by atoms with E-state index in [1.165, 1.54) is 6.07 Å². The molecule has 1 fully saturated rings. The van der Waals surface area contributed by atoms with Gasteiger partial charge in [0.1, 0.15) is 4.90 Å². The van der Waals surface area contributed by atoms with Crippen molar-refractivity contribution in [3.63, 3.8) is 0 Å². The van der Waals surface area contributed by atoms with E-state index in [1.54, 1.807) is 11.8 Å². The number of non-ortho nitro benzene ring substituents is 1. The lowest BCUT2D eigenvalue weighted by atomic mass is 10.3. The molecule has 3 N–H and O–H groups in total. The van der Waals surface area contributed by atoms with Gasteiger partial charge in [-0.1, -0.05) is 0 Å². The third-order valence-electron chi connectivity index (χ3n) is 3.53. The summed E-state index contributed by atoms with van der Waals surface area (Å²) >= 11 is 1.73. The van der Waals surface area contributed by atoms with Crippen molar-refractivity contribution in [1.82, 2.24) is 4.72 Å². The van der Waals surface area contributed by atoms with E-state index >= 15 is 0 Å². The number of nitrogens with zero attached hydrogens (tertiary/aromatic N) is 1. The van der Waals surface area contributed by atoms with Crippen molar-refractivity contribution in [2.45, 2.75) is 35.4 Å². The molecule has 2 atom stereocenters. The van der Waals surface area contributed by atoms with Crippen molar-refractivity contribution in [1.29, 1.82) is 0 Å². The Morgan fingerprint density at radius 2 is 2.14 bits per heavy atom. The molecule has 0 spiro atoms. The fourth-order valence-corrected chi connectivity index (χ4v) is 4.63. The summed E-state index contributed by atoms with van der Waals surface area (Å²) in [6.07, 6.45) is 4.56. The average molecular weight is 331 g/mol. The number of rotatable bonds is 5. The Balaban J connectivity index is 2.18. The van der Waals surface area contributed by atoms with Crippen LogP contribution < -0.4 is 10.5 Å². The molecule has 0 heterocycles. The van der Waals surface area contributed by atoms with Crippen molar-refractivity contribution in [3.05, 3.63) is 28.3 Å². The third kappa shape index (κ3) is 3.66. The summed E-state index contributed by atoms with van der Waals surface area (Å²) in [5.74, 6) is 0. The molecule has 0 amide bonds. The van der Waals surface area contributed by atoms with Crippen LogP contribution in [0, 0.1) is 10.1 Å². The van der Waals surface area contributed by atoms with Crippen molar-refractivity contribution in [3.8, 4) is 0 Å². The van der Waals surface area contributed by atoms with Crippen LogP contribution >= 0.6 is 11.8 Å². The van der Waals surface area contributed by atoms with Crippen molar-refractivity contribution < 1.29 is 13.3 Å². The van der Waals surface area contributed by atoms with E-state index in [0.29, 0.717) is 5.25 Å². The largest absolute Gasteiger partial charge is 0.397 e. The van der Waals surface area contributed by atoms with Gasteiger partial charge in [0.15, 0.2) is 0 Å². The number of nitrogen functional groups attached to an aromatic ring is 1. The predicted molar refractivity (Wildman–Crippen MR) is 82.8 cm³/mol. The minimum Gasteiger partial charge on any atom is -0.397 e. The summed E-state index contributed by atoms with van der Waals surface area (Å²) in [7, 11) is -3.76. The van der Waals surface area contributed by atoms with E-state index in [2.05, 4.69) is 4.72 Å². The molecule has 0 saturated heterocycles. The summed E-state index contributed by atoms with van der Waals surface area (Å²) in [6, 6.07) is 3.27. The molecule has 0 aromatic heterocycles. The monoisotopic (exact) mass is 331 g/mol. The lowest BCUT2D eigenvalue weighted by molar-refractivity contribution is -0.384. The Morgan fingerprint density at radius 1 is 1.43 bits per heavy atom. The van der Waals surface area contributed by atoms with Crippen LogP contribution in [0.1, 0.15) is 19.3 Å². The van der Waals surface area contributed by atoms with Crippen molar-refractivity contribution in [2.24, 2.45) is 0 Å². The lowest BCUT2D eigenvalue weighted by Crippen LogP contribution is -2.33. The van der Waals surface area contributed by atoms with E-state index in [-0.39, 0.29) is 22.3 Å². The highest BCUT2D eigenvalue weighted by molar-refractivity contribution is 7.99. The van der Waals surface area contributed by atoms with E-state index in [9.17, 15) is 18.5 Å². The first kappa shape index (κ1) is 16.1. The Hall–Kier alpha value is -1.32. The first-order valence-corrected chi connectivity index (χ1v) is 9.19. The van der Waals surface area contributed by atoms with E-state index in [1.807, 2.05) is 6.26 Å². The van der Waals surface area contributed by atoms with Gasteiger partial charge in [-0.25, -0.2) is 13.1 Å². The Morgan fingerprint density at radius 3 is 2.67 bits per heavy atom. The zero-order valence-corrected chi connectivity index (χ0v) is 13.1. The number of hydrogen-bond acceptors (Lipinski definition) is 6. The minimum atomic E-state index is -3.76. The van der Waals surface area contributed by atoms with Gasteiger partial charge in [-0.2, -0.15) is 11.8 Å². The molecule has 2 rings (SSSR count). The molecule has 9 heteroatoms. The third-order valence-corrected chi connectivity index (χ3v) is 6.22. The number of nitro groups is 1. The first-order chi connectivity index (χ1) is 9.83. The highest BCUT2D eigenvalue weighted by atomic mass is 32.2. The Kier molecular flexibility index (Phi) is 4.74. The molecule has 0 radical (unpaired) electrons. The molecule has 0 bridgehead atoms. The van der Waals surface area contributed by atoms with E-state index < -0.39 is 14.9 Å². The van der Waals surface area contributed by atoms with Crippen LogP contribution in [0.3, 0.4) is 0 Å². The van der Waals surface area contributed by atoms with Gasteiger partial charge in [0.2, 0.25) is 10.0 Å². The standard InChI is InChI=1S/C12H17N3O4S2/c1-20-10-4-2-8(6-10)14-21(18,19)12-5-3-9(15(16)17)7-11(12)13/h3,5,7-8,10,14H,2,4,6,13H2,1H3. The molecular weight excluding hydrogens is 314 g/mol. The van der Waals surface area contributed by atoms with Gasteiger partial charge in [0.25, 0.3) is 5.69 Å². The second-order valence-electron chi connectivity index (χ2n) is 4.97. The second-order valence-corrected chi connectivity index (χ2v) is 7.79. The summed E-state index contributed by atoms with van der Waals surface area (Å²) in [4.78, 5) is 9.92. The fraction of sp³-hybridized carbons (Fsp3) is 0.500. The lowest BCUT2D eigenvalue weighted by Gasteiger charge is -2.14. The van der Waals surface area contributed by atoms with E-state index in [4.69, 9.17) is 5.73 Å². The number of nitro benzene ring substituents is 1. The molecule has 1 aromatic carbocycles. The maximum Gasteiger partial charge on any atom is 0.271 e. The SMILES string of the molecule is CSC1CCC(NS(=O)(=O)c2ccc([N+](=O)[O-])cc2N)C1. The normalized spacial score (nSPS) is 22.3. The maximum absolute atomic E-state index is 12.3. The summed E-state index contributed by atoms with van der Waals surface area (Å²) < 4.78 is 27.3. The van der Waals surface area contributed by atoms with Crippen LogP contribution in [0.4, 0.5) is 11.4 Å². The van der Waals surface area contributed by atoms with Crippen molar-refractivity contribution >= 4 is 33.2 Å². The topological polar surface area (TPSA) is 115 Å². The number of sulfonamides is 1. The summed E-state index contributed by atoms with van der Waals surface area (Å²) in [6.45, 7) is 0. The van der Waals surface area contributed by atoms with Gasteiger partial charge < -0.3 is 5.73 Å². The van der Waals surface area contributed by atoms with Crippen LogP contribution in [0.25, 0.3) is 0 Å². The number of anilines is 1. The van der Waals surface area contributed by atoms with Gasteiger partial charge >= 0.3 is 0 Å². The average Bonchev–Trinajstić information content (AvgIpc) is 2.85. The molecule has 1 saturated carbocycles. The van der Waals surface area contributed by atoms with Gasteiger partial charge in [-0.05, 0) is 31.6 Å².